The minimum absolute atomic E-state index is 0.423. The van der Waals surface area contributed by atoms with Gasteiger partial charge in [-0.25, -0.2) is 0 Å². The average molecular weight is 236 g/mol. The lowest BCUT2D eigenvalue weighted by molar-refractivity contribution is 0.163. The molecule has 0 fully saturated rings. The van der Waals surface area contributed by atoms with E-state index in [0.29, 0.717) is 12.3 Å². The van der Waals surface area contributed by atoms with E-state index >= 15 is 0 Å². The third-order valence-electron chi connectivity index (χ3n) is 3.29. The minimum atomic E-state index is -0.423. The van der Waals surface area contributed by atoms with Crippen LogP contribution in [0.25, 0.3) is 0 Å². The summed E-state index contributed by atoms with van der Waals surface area (Å²) in [6.07, 6.45) is 2.56. The molecule has 2 heteroatoms. The summed E-state index contributed by atoms with van der Waals surface area (Å²) in [7, 11) is 0. The average Bonchev–Trinajstić information content (AvgIpc) is 2.39. The van der Waals surface area contributed by atoms with E-state index in [0.717, 1.165) is 30.8 Å². The Labute approximate surface area is 105 Å². The van der Waals surface area contributed by atoms with Gasteiger partial charge in [-0.05, 0) is 18.4 Å². The zero-order chi connectivity index (χ0) is 12.7. The molecule has 1 unspecified atom stereocenters. The summed E-state index contributed by atoms with van der Waals surface area (Å²) in [5.41, 5.74) is 0.904. The third-order valence-corrected chi connectivity index (χ3v) is 3.29. The Hall–Kier alpha value is -1.02. The first kappa shape index (κ1) is 14.0. The van der Waals surface area contributed by atoms with Crippen LogP contribution in [0.5, 0.6) is 5.75 Å². The van der Waals surface area contributed by atoms with Gasteiger partial charge >= 0.3 is 0 Å². The van der Waals surface area contributed by atoms with Crippen molar-refractivity contribution in [3.63, 3.8) is 0 Å². The van der Waals surface area contributed by atoms with Crippen molar-refractivity contribution in [1.82, 2.24) is 0 Å². The third kappa shape index (κ3) is 4.04. The van der Waals surface area contributed by atoms with Crippen LogP contribution >= 0.6 is 0 Å². The number of ether oxygens (including phenoxy) is 1. The Morgan fingerprint density at radius 1 is 1.06 bits per heavy atom. The summed E-state index contributed by atoms with van der Waals surface area (Å²) >= 11 is 0. The van der Waals surface area contributed by atoms with Crippen LogP contribution in [0.1, 0.15) is 51.7 Å². The Kier molecular flexibility index (Phi) is 6.06. The highest BCUT2D eigenvalue weighted by Crippen LogP contribution is 2.27. The Morgan fingerprint density at radius 3 is 2.29 bits per heavy atom. The summed E-state index contributed by atoms with van der Waals surface area (Å²) in [5, 5.41) is 9.91. The lowest BCUT2D eigenvalue weighted by atomic mass is 10.0. The zero-order valence-electron chi connectivity index (χ0n) is 11.1. The summed E-state index contributed by atoms with van der Waals surface area (Å²) in [6.45, 7) is 7.08. The predicted molar refractivity (Wildman–Crippen MR) is 71.3 cm³/mol. The fourth-order valence-corrected chi connectivity index (χ4v) is 1.84. The van der Waals surface area contributed by atoms with Crippen LogP contribution in [0, 0.1) is 5.92 Å². The van der Waals surface area contributed by atoms with E-state index < -0.39 is 6.10 Å². The molecule has 0 heterocycles. The SMILES string of the molecule is CCC(CC)COc1ccccc1C(O)CC. The number of benzene rings is 1. The van der Waals surface area contributed by atoms with Crippen molar-refractivity contribution in [2.24, 2.45) is 5.92 Å². The first-order chi connectivity index (χ1) is 8.22. The molecule has 2 nitrogen and oxygen atoms in total. The number of para-hydroxylation sites is 1. The molecule has 0 aliphatic heterocycles. The fourth-order valence-electron chi connectivity index (χ4n) is 1.84. The second-order valence-electron chi connectivity index (χ2n) is 4.46. The van der Waals surface area contributed by atoms with Crippen molar-refractivity contribution >= 4 is 0 Å². The maximum Gasteiger partial charge on any atom is 0.125 e. The molecule has 1 rings (SSSR count). The lowest BCUT2D eigenvalue weighted by Gasteiger charge is -2.18. The van der Waals surface area contributed by atoms with E-state index in [-0.39, 0.29) is 0 Å². The van der Waals surface area contributed by atoms with Gasteiger partial charge in [0.05, 0.1) is 12.7 Å². The molecule has 0 saturated carbocycles. The van der Waals surface area contributed by atoms with Crippen LogP contribution < -0.4 is 4.74 Å². The highest BCUT2D eigenvalue weighted by Gasteiger charge is 2.12. The number of hydrogen-bond acceptors (Lipinski definition) is 2. The first-order valence-electron chi connectivity index (χ1n) is 6.62. The van der Waals surface area contributed by atoms with Crippen LogP contribution in [0.3, 0.4) is 0 Å². The second-order valence-corrected chi connectivity index (χ2v) is 4.46. The normalized spacial score (nSPS) is 12.8. The number of aliphatic hydroxyl groups excluding tert-OH is 1. The molecule has 96 valence electrons. The quantitative estimate of drug-likeness (QED) is 0.777. The number of rotatable bonds is 7. The van der Waals surface area contributed by atoms with Crippen molar-refractivity contribution in [2.75, 3.05) is 6.61 Å². The standard InChI is InChI=1S/C15H24O2/c1-4-12(5-2)11-17-15-10-8-7-9-13(15)14(16)6-3/h7-10,12,14,16H,4-6,11H2,1-3H3. The van der Waals surface area contributed by atoms with Gasteiger partial charge in [-0.15, -0.1) is 0 Å². The summed E-state index contributed by atoms with van der Waals surface area (Å²) in [5.74, 6) is 1.43. The number of aliphatic hydroxyl groups is 1. The van der Waals surface area contributed by atoms with E-state index in [1.54, 1.807) is 0 Å². The van der Waals surface area contributed by atoms with Crippen molar-refractivity contribution in [3.8, 4) is 5.75 Å². The molecule has 0 bridgehead atoms. The topological polar surface area (TPSA) is 29.5 Å². The Bertz CT molecular complexity index is 318. The summed E-state index contributed by atoms with van der Waals surface area (Å²) in [4.78, 5) is 0. The van der Waals surface area contributed by atoms with Gasteiger partial charge in [-0.2, -0.15) is 0 Å². The maximum atomic E-state index is 9.91. The van der Waals surface area contributed by atoms with E-state index in [1.165, 1.54) is 0 Å². The molecule has 1 aromatic rings. The van der Waals surface area contributed by atoms with Gasteiger partial charge < -0.3 is 9.84 Å². The molecule has 1 aromatic carbocycles. The molecule has 0 amide bonds. The molecule has 17 heavy (non-hydrogen) atoms. The summed E-state index contributed by atoms with van der Waals surface area (Å²) < 4.78 is 5.84. The minimum Gasteiger partial charge on any atom is -0.493 e. The molecule has 0 saturated heterocycles. The Morgan fingerprint density at radius 2 is 1.71 bits per heavy atom. The molecule has 0 aromatic heterocycles. The molecule has 0 spiro atoms. The largest absolute Gasteiger partial charge is 0.493 e. The van der Waals surface area contributed by atoms with Crippen molar-refractivity contribution in [1.29, 1.82) is 0 Å². The van der Waals surface area contributed by atoms with Crippen LogP contribution in [0.15, 0.2) is 24.3 Å². The van der Waals surface area contributed by atoms with Crippen LogP contribution in [-0.4, -0.2) is 11.7 Å². The molecule has 1 atom stereocenters. The van der Waals surface area contributed by atoms with Crippen LogP contribution in [-0.2, 0) is 0 Å². The van der Waals surface area contributed by atoms with Crippen LogP contribution in [0.2, 0.25) is 0 Å². The van der Waals surface area contributed by atoms with Crippen molar-refractivity contribution in [3.05, 3.63) is 29.8 Å². The van der Waals surface area contributed by atoms with Gasteiger partial charge in [0.2, 0.25) is 0 Å². The highest BCUT2D eigenvalue weighted by molar-refractivity contribution is 5.34. The fraction of sp³-hybridized carbons (Fsp3) is 0.600. The highest BCUT2D eigenvalue weighted by atomic mass is 16.5. The van der Waals surface area contributed by atoms with Crippen LogP contribution in [0.4, 0.5) is 0 Å². The van der Waals surface area contributed by atoms with Crippen molar-refractivity contribution in [2.45, 2.75) is 46.1 Å². The van der Waals surface area contributed by atoms with Gasteiger partial charge in [-0.1, -0.05) is 51.8 Å². The van der Waals surface area contributed by atoms with E-state index in [9.17, 15) is 5.11 Å². The Balaban J connectivity index is 2.70. The first-order valence-corrected chi connectivity index (χ1v) is 6.62. The number of hydrogen-bond donors (Lipinski definition) is 1. The molecule has 0 radical (unpaired) electrons. The van der Waals surface area contributed by atoms with E-state index in [1.807, 2.05) is 31.2 Å². The monoisotopic (exact) mass is 236 g/mol. The van der Waals surface area contributed by atoms with Gasteiger partial charge in [0.15, 0.2) is 0 Å². The molecular weight excluding hydrogens is 212 g/mol. The van der Waals surface area contributed by atoms with Gasteiger partial charge in [0.1, 0.15) is 5.75 Å². The summed E-state index contributed by atoms with van der Waals surface area (Å²) in [6, 6.07) is 7.78. The van der Waals surface area contributed by atoms with E-state index in [4.69, 9.17) is 4.74 Å². The van der Waals surface area contributed by atoms with Gasteiger partial charge in [0.25, 0.3) is 0 Å². The predicted octanol–water partition coefficient (Wildman–Crippen LogP) is 3.95. The second kappa shape index (κ2) is 7.33. The molecule has 1 N–H and O–H groups in total. The molecular formula is C15H24O2. The van der Waals surface area contributed by atoms with E-state index in [2.05, 4.69) is 13.8 Å². The molecule has 0 aliphatic carbocycles. The van der Waals surface area contributed by atoms with Gasteiger partial charge in [-0.3, -0.25) is 0 Å². The molecule has 0 aliphatic rings. The smallest absolute Gasteiger partial charge is 0.125 e. The zero-order valence-corrected chi connectivity index (χ0v) is 11.1. The lowest BCUT2D eigenvalue weighted by Crippen LogP contribution is -2.11. The van der Waals surface area contributed by atoms with Gasteiger partial charge in [0, 0.05) is 5.56 Å². The maximum absolute atomic E-state index is 9.91. The van der Waals surface area contributed by atoms with Crippen molar-refractivity contribution < 1.29 is 9.84 Å².